The fourth-order valence-corrected chi connectivity index (χ4v) is 2.17. The van der Waals surface area contributed by atoms with E-state index in [-0.39, 0.29) is 12.5 Å². The van der Waals surface area contributed by atoms with Gasteiger partial charge in [-0.2, -0.15) is 0 Å². The first-order valence-corrected chi connectivity index (χ1v) is 7.96. The van der Waals surface area contributed by atoms with Crippen LogP contribution < -0.4 is 27.0 Å². The van der Waals surface area contributed by atoms with Gasteiger partial charge in [0.25, 0.3) is 0 Å². The first-order valence-electron chi connectivity index (χ1n) is 7.96. The largest absolute Gasteiger partial charge is 0.351 e. The molecule has 0 bridgehead atoms. The molecule has 0 heterocycles. The molecule has 0 spiro atoms. The van der Waals surface area contributed by atoms with Crippen molar-refractivity contribution in [3.8, 4) is 0 Å². The monoisotopic (exact) mass is 355 g/mol. The molecule has 0 atom stereocenters. The Balaban J connectivity index is 1.71. The zero-order chi connectivity index (χ0) is 18.9. The minimum absolute atomic E-state index is 0.140. The molecule has 0 saturated carbocycles. The van der Waals surface area contributed by atoms with Gasteiger partial charge in [-0.25, -0.2) is 9.59 Å². The van der Waals surface area contributed by atoms with Gasteiger partial charge in [0.15, 0.2) is 0 Å². The number of hydrogen-bond acceptors (Lipinski definition) is 3. The van der Waals surface area contributed by atoms with Crippen LogP contribution in [0.3, 0.4) is 0 Å². The van der Waals surface area contributed by atoms with E-state index >= 15 is 0 Å². The molecule has 8 nitrogen and oxygen atoms in total. The second-order valence-corrected chi connectivity index (χ2v) is 5.64. The standard InChI is InChI=1S/C18H21N5O3/c1-12-3-2-4-15(9-12)23-18(26)21-11-16(24)20-10-13-5-7-14(8-6-13)22-17(19)25/h2-9H,10-11H2,1H3,(H,20,24)(H3,19,22,25)(H2,21,23,26). The van der Waals surface area contributed by atoms with Crippen LogP contribution in [-0.4, -0.2) is 24.5 Å². The van der Waals surface area contributed by atoms with Gasteiger partial charge < -0.3 is 27.0 Å². The molecule has 5 amide bonds. The number of rotatable bonds is 6. The summed E-state index contributed by atoms with van der Waals surface area (Å²) in [6.45, 7) is 2.09. The lowest BCUT2D eigenvalue weighted by atomic mass is 10.2. The summed E-state index contributed by atoms with van der Waals surface area (Å²) in [6.07, 6.45) is 0. The van der Waals surface area contributed by atoms with Crippen LogP contribution in [0.1, 0.15) is 11.1 Å². The summed E-state index contributed by atoms with van der Waals surface area (Å²) in [6, 6.07) is 13.1. The third kappa shape index (κ3) is 6.52. The smallest absolute Gasteiger partial charge is 0.319 e. The third-order valence-corrected chi connectivity index (χ3v) is 3.40. The molecule has 0 unspecified atom stereocenters. The molecule has 0 aliphatic heterocycles. The lowest BCUT2D eigenvalue weighted by Gasteiger charge is -2.09. The minimum Gasteiger partial charge on any atom is -0.351 e. The number of urea groups is 2. The van der Waals surface area contributed by atoms with E-state index < -0.39 is 12.1 Å². The van der Waals surface area contributed by atoms with E-state index in [1.807, 2.05) is 25.1 Å². The number of hydrogen-bond donors (Lipinski definition) is 5. The molecule has 8 heteroatoms. The van der Waals surface area contributed by atoms with Crippen molar-refractivity contribution in [3.05, 3.63) is 59.7 Å². The second kappa shape index (κ2) is 9.07. The topological polar surface area (TPSA) is 125 Å². The van der Waals surface area contributed by atoms with Gasteiger partial charge in [-0.1, -0.05) is 24.3 Å². The van der Waals surface area contributed by atoms with E-state index in [0.717, 1.165) is 11.1 Å². The molecule has 2 rings (SSSR count). The van der Waals surface area contributed by atoms with Crippen molar-refractivity contribution in [2.24, 2.45) is 5.73 Å². The first kappa shape index (κ1) is 18.8. The lowest BCUT2D eigenvalue weighted by molar-refractivity contribution is -0.120. The van der Waals surface area contributed by atoms with E-state index in [9.17, 15) is 14.4 Å². The van der Waals surface area contributed by atoms with Crippen LogP contribution in [0, 0.1) is 6.92 Å². The Hall–Kier alpha value is -3.55. The third-order valence-electron chi connectivity index (χ3n) is 3.40. The highest BCUT2D eigenvalue weighted by molar-refractivity contribution is 5.92. The Labute approximate surface area is 151 Å². The van der Waals surface area contributed by atoms with Crippen molar-refractivity contribution in [3.63, 3.8) is 0 Å². The normalized spacial score (nSPS) is 9.88. The molecule has 0 fully saturated rings. The van der Waals surface area contributed by atoms with Crippen LogP contribution >= 0.6 is 0 Å². The molecule has 26 heavy (non-hydrogen) atoms. The summed E-state index contributed by atoms with van der Waals surface area (Å²) >= 11 is 0. The van der Waals surface area contributed by atoms with Crippen LogP contribution in [0.2, 0.25) is 0 Å². The van der Waals surface area contributed by atoms with Gasteiger partial charge in [-0.15, -0.1) is 0 Å². The van der Waals surface area contributed by atoms with Crippen molar-refractivity contribution in [1.29, 1.82) is 0 Å². The second-order valence-electron chi connectivity index (χ2n) is 5.64. The predicted molar refractivity (Wildman–Crippen MR) is 99.7 cm³/mol. The fourth-order valence-electron chi connectivity index (χ4n) is 2.17. The summed E-state index contributed by atoms with van der Waals surface area (Å²) in [5, 5.41) is 10.3. The van der Waals surface area contributed by atoms with Crippen molar-refractivity contribution in [2.75, 3.05) is 17.2 Å². The van der Waals surface area contributed by atoms with Gasteiger partial charge in [-0.3, -0.25) is 4.79 Å². The van der Waals surface area contributed by atoms with Crippen LogP contribution in [0.4, 0.5) is 21.0 Å². The minimum atomic E-state index is -0.638. The van der Waals surface area contributed by atoms with Gasteiger partial charge in [0.1, 0.15) is 0 Å². The van der Waals surface area contributed by atoms with Crippen molar-refractivity contribution in [1.82, 2.24) is 10.6 Å². The lowest BCUT2D eigenvalue weighted by Crippen LogP contribution is -2.38. The maximum atomic E-state index is 11.8. The number of nitrogens with one attached hydrogen (secondary N) is 4. The number of anilines is 2. The Kier molecular flexibility index (Phi) is 6.55. The van der Waals surface area contributed by atoms with Gasteiger partial charge in [0, 0.05) is 17.9 Å². The van der Waals surface area contributed by atoms with E-state index in [1.54, 1.807) is 30.3 Å². The van der Waals surface area contributed by atoms with E-state index in [2.05, 4.69) is 21.3 Å². The van der Waals surface area contributed by atoms with Crippen LogP contribution in [0.25, 0.3) is 0 Å². The van der Waals surface area contributed by atoms with E-state index in [4.69, 9.17) is 5.73 Å². The first-order chi connectivity index (χ1) is 12.4. The zero-order valence-electron chi connectivity index (χ0n) is 14.3. The number of nitrogens with two attached hydrogens (primary N) is 1. The van der Waals surface area contributed by atoms with E-state index in [1.165, 1.54) is 0 Å². The van der Waals surface area contributed by atoms with Gasteiger partial charge in [-0.05, 0) is 42.3 Å². The summed E-state index contributed by atoms with van der Waals surface area (Å²) in [5.41, 5.74) is 8.13. The molecule has 0 aliphatic carbocycles. The molecular weight excluding hydrogens is 334 g/mol. The molecule has 2 aromatic carbocycles. The molecule has 6 N–H and O–H groups in total. The quantitative estimate of drug-likeness (QED) is 0.543. The summed E-state index contributed by atoms with van der Waals surface area (Å²) < 4.78 is 0. The van der Waals surface area contributed by atoms with Gasteiger partial charge in [0.2, 0.25) is 5.91 Å². The Morgan fingerprint density at radius 2 is 1.65 bits per heavy atom. The van der Waals surface area contributed by atoms with Crippen LogP contribution in [-0.2, 0) is 11.3 Å². The predicted octanol–water partition coefficient (Wildman–Crippen LogP) is 1.92. The van der Waals surface area contributed by atoms with Crippen LogP contribution in [0.15, 0.2) is 48.5 Å². The Morgan fingerprint density at radius 3 is 2.31 bits per heavy atom. The fraction of sp³-hybridized carbons (Fsp3) is 0.167. The average Bonchev–Trinajstić information content (AvgIpc) is 2.59. The Morgan fingerprint density at radius 1 is 0.923 bits per heavy atom. The number of carbonyl (C=O) groups is 3. The number of carbonyl (C=O) groups excluding carboxylic acids is 3. The highest BCUT2D eigenvalue weighted by Crippen LogP contribution is 2.09. The highest BCUT2D eigenvalue weighted by atomic mass is 16.2. The van der Waals surface area contributed by atoms with E-state index in [0.29, 0.717) is 17.9 Å². The Bertz CT molecular complexity index is 790. The number of amides is 5. The SMILES string of the molecule is Cc1cccc(NC(=O)NCC(=O)NCc2ccc(NC(N)=O)cc2)c1. The molecule has 0 aromatic heterocycles. The average molecular weight is 355 g/mol. The summed E-state index contributed by atoms with van der Waals surface area (Å²) in [7, 11) is 0. The maximum absolute atomic E-state index is 11.8. The van der Waals surface area contributed by atoms with Crippen molar-refractivity contribution < 1.29 is 14.4 Å². The van der Waals surface area contributed by atoms with Gasteiger partial charge >= 0.3 is 12.1 Å². The van der Waals surface area contributed by atoms with Crippen molar-refractivity contribution >= 4 is 29.3 Å². The molecule has 136 valence electrons. The molecular formula is C18H21N5O3. The molecule has 0 radical (unpaired) electrons. The summed E-state index contributed by atoms with van der Waals surface area (Å²) in [4.78, 5) is 34.3. The van der Waals surface area contributed by atoms with Gasteiger partial charge in [0.05, 0.1) is 6.54 Å². The summed E-state index contributed by atoms with van der Waals surface area (Å²) in [5.74, 6) is -0.316. The molecule has 0 saturated heterocycles. The number of aryl methyl sites for hydroxylation is 1. The van der Waals surface area contributed by atoms with Crippen LogP contribution in [0.5, 0.6) is 0 Å². The molecule has 0 aliphatic rings. The van der Waals surface area contributed by atoms with Crippen molar-refractivity contribution in [2.45, 2.75) is 13.5 Å². The maximum Gasteiger partial charge on any atom is 0.319 e. The number of primary amides is 1. The zero-order valence-corrected chi connectivity index (χ0v) is 14.3. The number of benzene rings is 2. The highest BCUT2D eigenvalue weighted by Gasteiger charge is 2.06. The molecule has 2 aromatic rings.